The Morgan fingerprint density at radius 1 is 0.288 bits per heavy atom. The number of rotatable bonds is 52. The third kappa shape index (κ3) is 58.3. The maximum Gasteiger partial charge on any atom is 0.306 e. The van der Waals surface area contributed by atoms with Gasteiger partial charge in [-0.2, -0.15) is 0 Å². The molecule has 0 radical (unpaired) electrons. The normalized spacial score (nSPS) is 13.1. The second-order valence-corrected chi connectivity index (χ2v) is 19.1. The van der Waals surface area contributed by atoms with Crippen molar-refractivity contribution in [1.29, 1.82) is 0 Å². The highest BCUT2D eigenvalue weighted by molar-refractivity contribution is 5.71. The summed E-state index contributed by atoms with van der Waals surface area (Å²) in [6.07, 6.45) is 84.5. The summed E-state index contributed by atoms with van der Waals surface area (Å²) in [6.45, 7) is 6.33. The number of ether oxygens (including phenoxy) is 3. The summed E-state index contributed by atoms with van der Waals surface area (Å²) in [5.74, 6) is -1.01. The Balaban J connectivity index is 4.54. The molecule has 0 rings (SSSR count). The predicted octanol–water partition coefficient (Wildman–Crippen LogP) is 20.2. The quantitative estimate of drug-likeness (QED) is 0.0261. The van der Waals surface area contributed by atoms with E-state index in [4.69, 9.17) is 14.2 Å². The van der Waals surface area contributed by atoms with Gasteiger partial charge >= 0.3 is 17.9 Å². The van der Waals surface area contributed by atoms with Crippen molar-refractivity contribution in [1.82, 2.24) is 0 Å². The van der Waals surface area contributed by atoms with Crippen LogP contribution in [0.4, 0.5) is 0 Å². The zero-order valence-corrected chi connectivity index (χ0v) is 47.1. The second-order valence-electron chi connectivity index (χ2n) is 19.1. The van der Waals surface area contributed by atoms with Gasteiger partial charge in [-0.1, -0.05) is 238 Å². The van der Waals surface area contributed by atoms with E-state index in [0.29, 0.717) is 19.3 Å². The molecule has 0 aliphatic carbocycles. The second kappa shape index (κ2) is 60.1. The van der Waals surface area contributed by atoms with Gasteiger partial charge in [-0.05, 0) is 128 Å². The molecule has 0 fully saturated rings. The minimum Gasteiger partial charge on any atom is -0.462 e. The Bertz CT molecular complexity index is 1580. The molecule has 1 atom stereocenters. The summed E-state index contributed by atoms with van der Waals surface area (Å²) in [5.41, 5.74) is 0. The van der Waals surface area contributed by atoms with Crippen LogP contribution in [0, 0.1) is 0 Å². The molecular formula is C67H108O6. The number of carbonyl (C=O) groups is 3. The summed E-state index contributed by atoms with van der Waals surface area (Å²) in [5, 5.41) is 0. The van der Waals surface area contributed by atoms with E-state index >= 15 is 0 Å². The number of hydrogen-bond acceptors (Lipinski definition) is 6. The lowest BCUT2D eigenvalue weighted by Crippen LogP contribution is -2.30. The van der Waals surface area contributed by atoms with Crippen LogP contribution in [0.25, 0.3) is 0 Å². The third-order valence-corrected chi connectivity index (χ3v) is 12.1. The number of allylic oxidation sites excluding steroid dienone is 22. The van der Waals surface area contributed by atoms with Crippen molar-refractivity contribution in [2.45, 2.75) is 258 Å². The minimum absolute atomic E-state index is 0.118. The molecule has 0 amide bonds. The first kappa shape index (κ1) is 68.6. The standard InChI is InChI=1S/C67H108O6/c1-4-7-10-13-16-19-22-25-28-31-33-36-39-42-45-48-51-54-57-60-66(69)72-63-64(62-71-65(68)59-56-53-50-47-44-41-38-35-30-27-24-21-18-15-12-9-6-3)73-67(70)61-58-55-52-49-46-43-40-37-34-32-29-26-23-20-17-14-11-8-5-2/h7,9-10,12,16,18-19,21,25-30,33,36,38,41-42,45,47,50,64H,4-6,8,11,13-15,17,20,22-24,31-32,34-35,37,39-40,43-44,46,48-49,51-63H2,1-3H3/b10-7+,12-9+,19-16+,21-18+,28-25+,29-26+,30-27+,36-33+,41-38+,45-42+,50-47+/t64-/m1/s1. The van der Waals surface area contributed by atoms with E-state index in [2.05, 4.69) is 154 Å². The van der Waals surface area contributed by atoms with Crippen LogP contribution in [0.3, 0.4) is 0 Å². The molecule has 0 aliphatic rings. The van der Waals surface area contributed by atoms with Crippen LogP contribution in [0.5, 0.6) is 0 Å². The van der Waals surface area contributed by atoms with E-state index in [0.717, 1.165) is 116 Å². The van der Waals surface area contributed by atoms with E-state index < -0.39 is 6.10 Å². The van der Waals surface area contributed by atoms with E-state index in [9.17, 15) is 14.4 Å². The van der Waals surface area contributed by atoms with Gasteiger partial charge in [-0.15, -0.1) is 0 Å². The molecule has 6 nitrogen and oxygen atoms in total. The van der Waals surface area contributed by atoms with Gasteiger partial charge < -0.3 is 14.2 Å². The van der Waals surface area contributed by atoms with Gasteiger partial charge in [0.1, 0.15) is 13.2 Å². The number of carbonyl (C=O) groups excluding carboxylic acids is 3. The smallest absolute Gasteiger partial charge is 0.306 e. The molecule has 6 heteroatoms. The fraction of sp³-hybridized carbons (Fsp3) is 0.627. The van der Waals surface area contributed by atoms with Gasteiger partial charge in [0, 0.05) is 19.3 Å². The van der Waals surface area contributed by atoms with Gasteiger partial charge in [0.15, 0.2) is 6.10 Å². The van der Waals surface area contributed by atoms with Crippen molar-refractivity contribution in [2.24, 2.45) is 0 Å². The van der Waals surface area contributed by atoms with Crippen LogP contribution in [0.15, 0.2) is 134 Å². The molecule has 0 N–H and O–H groups in total. The summed E-state index contributed by atoms with van der Waals surface area (Å²) >= 11 is 0. The van der Waals surface area contributed by atoms with E-state index in [-0.39, 0.29) is 37.5 Å². The third-order valence-electron chi connectivity index (χ3n) is 12.1. The zero-order valence-electron chi connectivity index (χ0n) is 47.1. The summed E-state index contributed by atoms with van der Waals surface area (Å²) in [7, 11) is 0. The predicted molar refractivity (Wildman–Crippen MR) is 316 cm³/mol. The maximum absolute atomic E-state index is 12.9. The van der Waals surface area contributed by atoms with Crippen LogP contribution in [-0.4, -0.2) is 37.2 Å². The van der Waals surface area contributed by atoms with Crippen molar-refractivity contribution in [3.63, 3.8) is 0 Å². The average molecular weight is 1010 g/mol. The first-order valence-electron chi connectivity index (χ1n) is 29.7. The first-order valence-corrected chi connectivity index (χ1v) is 29.7. The van der Waals surface area contributed by atoms with Crippen molar-refractivity contribution in [3.05, 3.63) is 134 Å². The van der Waals surface area contributed by atoms with Crippen molar-refractivity contribution in [2.75, 3.05) is 13.2 Å². The fourth-order valence-electron chi connectivity index (χ4n) is 7.73. The highest BCUT2D eigenvalue weighted by atomic mass is 16.6. The summed E-state index contributed by atoms with van der Waals surface area (Å²) < 4.78 is 16.8. The number of unbranched alkanes of at least 4 members (excludes halogenated alkanes) is 19. The Morgan fingerprint density at radius 3 is 0.918 bits per heavy atom. The lowest BCUT2D eigenvalue weighted by Gasteiger charge is -2.18. The van der Waals surface area contributed by atoms with Gasteiger partial charge in [0.05, 0.1) is 0 Å². The molecule has 0 heterocycles. The lowest BCUT2D eigenvalue weighted by atomic mass is 10.1. The van der Waals surface area contributed by atoms with Crippen molar-refractivity contribution < 1.29 is 28.6 Å². The zero-order chi connectivity index (χ0) is 52.9. The van der Waals surface area contributed by atoms with E-state index in [1.807, 2.05) is 0 Å². The van der Waals surface area contributed by atoms with Gasteiger partial charge in [-0.25, -0.2) is 0 Å². The van der Waals surface area contributed by atoms with Gasteiger partial charge in [0.25, 0.3) is 0 Å². The van der Waals surface area contributed by atoms with Crippen LogP contribution < -0.4 is 0 Å². The minimum atomic E-state index is -0.822. The van der Waals surface area contributed by atoms with Gasteiger partial charge in [0.2, 0.25) is 0 Å². The van der Waals surface area contributed by atoms with Crippen LogP contribution in [0.2, 0.25) is 0 Å². The molecule has 0 aromatic heterocycles. The average Bonchev–Trinajstić information content (AvgIpc) is 3.39. The molecule has 0 aliphatic heterocycles. The Morgan fingerprint density at radius 2 is 0.548 bits per heavy atom. The Labute approximate surface area is 449 Å². The Hall–Kier alpha value is -4.45. The summed E-state index contributed by atoms with van der Waals surface area (Å²) in [4.78, 5) is 38.2. The lowest BCUT2D eigenvalue weighted by molar-refractivity contribution is -0.167. The van der Waals surface area contributed by atoms with E-state index in [1.165, 1.54) is 89.9 Å². The molecule has 0 unspecified atom stereocenters. The van der Waals surface area contributed by atoms with Crippen LogP contribution >= 0.6 is 0 Å². The van der Waals surface area contributed by atoms with Crippen molar-refractivity contribution in [3.8, 4) is 0 Å². The highest BCUT2D eigenvalue weighted by Gasteiger charge is 2.19. The summed E-state index contributed by atoms with van der Waals surface area (Å²) in [6, 6.07) is 0. The molecule has 0 aromatic rings. The maximum atomic E-state index is 12.9. The first-order chi connectivity index (χ1) is 36.0. The van der Waals surface area contributed by atoms with Crippen molar-refractivity contribution >= 4 is 17.9 Å². The van der Waals surface area contributed by atoms with Crippen LogP contribution in [0.1, 0.15) is 252 Å². The largest absolute Gasteiger partial charge is 0.462 e. The fourth-order valence-corrected chi connectivity index (χ4v) is 7.73. The molecule has 0 bridgehead atoms. The molecular weight excluding hydrogens is 901 g/mol. The molecule has 0 saturated carbocycles. The molecule has 0 spiro atoms. The molecule has 0 saturated heterocycles. The number of hydrogen-bond donors (Lipinski definition) is 0. The monoisotopic (exact) mass is 1010 g/mol. The molecule has 73 heavy (non-hydrogen) atoms. The molecule has 412 valence electrons. The highest BCUT2D eigenvalue weighted by Crippen LogP contribution is 2.14. The Kier molecular flexibility index (Phi) is 56.4. The molecule has 0 aromatic carbocycles. The number of esters is 3. The van der Waals surface area contributed by atoms with E-state index in [1.54, 1.807) is 0 Å². The topological polar surface area (TPSA) is 78.9 Å². The van der Waals surface area contributed by atoms with Crippen LogP contribution in [-0.2, 0) is 28.6 Å². The van der Waals surface area contributed by atoms with Gasteiger partial charge in [-0.3, -0.25) is 14.4 Å². The SMILES string of the molecule is CC/C=C/C/C=C/C/C=C/C/C=C/C/C=C/CCCCCC(=O)OC[C@@H](COC(=O)CCC/C=C/C/C=C/C/C=C/C/C=C/C/C=C/CC)OC(=O)CCCCCCCCCCC/C=C/CCCCCCCC.